The number of likely N-dealkylation sites (tertiary alicyclic amines) is 1. The molecule has 4 rings (SSSR count). The number of fused-ring (bicyclic) bond motifs is 4. The van der Waals surface area contributed by atoms with E-state index in [2.05, 4.69) is 31.8 Å². The minimum absolute atomic E-state index is 0.0143. The second-order valence-corrected chi connectivity index (χ2v) is 8.04. The SMILES string of the molecule is CC1(C)C2Cc3c(O)cccc3[C@]1(C)CCN2C(=O)c1ccccn1. The number of amides is 1. The van der Waals surface area contributed by atoms with Gasteiger partial charge < -0.3 is 10.0 Å². The molecule has 4 nitrogen and oxygen atoms in total. The summed E-state index contributed by atoms with van der Waals surface area (Å²) in [5.74, 6) is 0.330. The molecular weight excluding hydrogens is 312 g/mol. The zero-order chi connectivity index (χ0) is 17.8. The third-order valence-corrected chi connectivity index (χ3v) is 6.77. The van der Waals surface area contributed by atoms with Crippen molar-refractivity contribution in [2.75, 3.05) is 6.54 Å². The van der Waals surface area contributed by atoms with Crippen LogP contribution in [-0.2, 0) is 11.8 Å². The lowest BCUT2D eigenvalue weighted by Crippen LogP contribution is -2.64. The van der Waals surface area contributed by atoms with Crippen LogP contribution in [0.3, 0.4) is 0 Å². The maximum absolute atomic E-state index is 13.1. The number of hydrogen-bond acceptors (Lipinski definition) is 3. The molecule has 2 aromatic rings. The number of nitrogens with zero attached hydrogens (tertiary/aromatic N) is 2. The number of hydrogen-bond donors (Lipinski definition) is 1. The third-order valence-electron chi connectivity index (χ3n) is 6.77. The molecule has 2 atom stereocenters. The van der Waals surface area contributed by atoms with Crippen LogP contribution in [-0.4, -0.2) is 33.5 Å². The van der Waals surface area contributed by atoms with Gasteiger partial charge in [-0.15, -0.1) is 0 Å². The van der Waals surface area contributed by atoms with Crippen LogP contribution < -0.4 is 0 Å². The van der Waals surface area contributed by atoms with Crippen LogP contribution in [0.4, 0.5) is 0 Å². The van der Waals surface area contributed by atoms with E-state index in [1.807, 2.05) is 23.1 Å². The summed E-state index contributed by atoms with van der Waals surface area (Å²) >= 11 is 0. The van der Waals surface area contributed by atoms with Crippen LogP contribution in [0.1, 0.15) is 48.8 Å². The molecule has 1 aromatic carbocycles. The van der Waals surface area contributed by atoms with E-state index in [0.717, 1.165) is 18.5 Å². The normalized spacial score (nSPS) is 26.8. The van der Waals surface area contributed by atoms with E-state index in [1.165, 1.54) is 5.56 Å². The Morgan fingerprint density at radius 3 is 2.72 bits per heavy atom. The van der Waals surface area contributed by atoms with Crippen LogP contribution in [0.5, 0.6) is 5.75 Å². The fourth-order valence-corrected chi connectivity index (χ4v) is 4.81. The molecule has 1 aliphatic carbocycles. The number of piperidine rings is 1. The van der Waals surface area contributed by atoms with Gasteiger partial charge in [0.2, 0.25) is 0 Å². The molecule has 1 aliphatic heterocycles. The zero-order valence-corrected chi connectivity index (χ0v) is 15.0. The lowest BCUT2D eigenvalue weighted by Gasteiger charge is -2.60. The number of phenolic OH excluding ortho intramolecular Hbond substituents is 1. The van der Waals surface area contributed by atoms with Gasteiger partial charge in [0.1, 0.15) is 11.4 Å². The molecule has 1 saturated heterocycles. The van der Waals surface area contributed by atoms with Crippen molar-refractivity contribution in [2.45, 2.75) is 45.1 Å². The Morgan fingerprint density at radius 2 is 2.00 bits per heavy atom. The van der Waals surface area contributed by atoms with Gasteiger partial charge in [0.05, 0.1) is 0 Å². The molecule has 2 heterocycles. The van der Waals surface area contributed by atoms with Gasteiger partial charge in [-0.1, -0.05) is 39.0 Å². The van der Waals surface area contributed by atoms with Crippen molar-refractivity contribution in [1.29, 1.82) is 0 Å². The van der Waals surface area contributed by atoms with E-state index < -0.39 is 0 Å². The van der Waals surface area contributed by atoms with Gasteiger partial charge in [-0.3, -0.25) is 9.78 Å². The van der Waals surface area contributed by atoms with Gasteiger partial charge in [-0.05, 0) is 47.6 Å². The molecule has 2 aliphatic rings. The average molecular weight is 336 g/mol. The van der Waals surface area contributed by atoms with Gasteiger partial charge in [0, 0.05) is 24.2 Å². The Bertz CT molecular complexity index is 831. The van der Waals surface area contributed by atoms with Crippen LogP contribution in [0, 0.1) is 5.41 Å². The van der Waals surface area contributed by atoms with E-state index in [9.17, 15) is 9.90 Å². The van der Waals surface area contributed by atoms with Crippen molar-refractivity contribution < 1.29 is 9.90 Å². The summed E-state index contributed by atoms with van der Waals surface area (Å²) in [5.41, 5.74) is 2.57. The molecule has 130 valence electrons. The lowest BCUT2D eigenvalue weighted by atomic mass is 9.51. The monoisotopic (exact) mass is 336 g/mol. The first kappa shape index (κ1) is 16.1. The summed E-state index contributed by atoms with van der Waals surface area (Å²) < 4.78 is 0. The topological polar surface area (TPSA) is 53.4 Å². The number of aromatic nitrogens is 1. The predicted molar refractivity (Wildman–Crippen MR) is 96.6 cm³/mol. The van der Waals surface area contributed by atoms with Crippen molar-refractivity contribution >= 4 is 5.91 Å². The predicted octanol–water partition coefficient (Wildman–Crippen LogP) is 3.54. The molecule has 1 fully saturated rings. The number of carbonyl (C=O) groups excluding carboxylic acids is 1. The minimum Gasteiger partial charge on any atom is -0.508 e. The molecule has 0 radical (unpaired) electrons. The molecule has 1 aromatic heterocycles. The summed E-state index contributed by atoms with van der Waals surface area (Å²) in [4.78, 5) is 19.3. The number of benzene rings is 1. The molecular formula is C21H24N2O2. The first-order chi connectivity index (χ1) is 11.9. The Balaban J connectivity index is 1.81. The first-order valence-corrected chi connectivity index (χ1v) is 8.89. The fourth-order valence-electron chi connectivity index (χ4n) is 4.81. The standard InChI is InChI=1S/C21H24N2O2/c1-20(2)18-13-14-15(7-6-9-17(14)24)21(20,3)10-12-23(18)19(25)16-8-4-5-11-22-16/h4-9,11,18,24H,10,12-13H2,1-3H3/t18?,21-/m0/s1. The molecule has 1 amide bonds. The van der Waals surface area contributed by atoms with Crippen molar-refractivity contribution in [3.8, 4) is 5.75 Å². The van der Waals surface area contributed by atoms with Crippen molar-refractivity contribution in [3.05, 3.63) is 59.4 Å². The lowest BCUT2D eigenvalue weighted by molar-refractivity contribution is -0.0269. The van der Waals surface area contributed by atoms with Crippen molar-refractivity contribution in [2.24, 2.45) is 5.41 Å². The van der Waals surface area contributed by atoms with E-state index >= 15 is 0 Å². The van der Waals surface area contributed by atoms with Crippen LogP contribution >= 0.6 is 0 Å². The Morgan fingerprint density at radius 1 is 1.20 bits per heavy atom. The second kappa shape index (κ2) is 5.32. The highest BCUT2D eigenvalue weighted by Crippen LogP contribution is 2.57. The van der Waals surface area contributed by atoms with Crippen LogP contribution in [0.15, 0.2) is 42.6 Å². The molecule has 1 unspecified atom stereocenters. The highest BCUT2D eigenvalue weighted by molar-refractivity contribution is 5.92. The maximum atomic E-state index is 13.1. The summed E-state index contributed by atoms with van der Waals surface area (Å²) in [6, 6.07) is 11.3. The van der Waals surface area contributed by atoms with Crippen LogP contribution in [0.2, 0.25) is 0 Å². The number of rotatable bonds is 1. The van der Waals surface area contributed by atoms with Crippen molar-refractivity contribution in [1.82, 2.24) is 9.88 Å². The summed E-state index contributed by atoms with van der Waals surface area (Å²) in [5, 5.41) is 10.4. The van der Waals surface area contributed by atoms with E-state index in [1.54, 1.807) is 18.3 Å². The quantitative estimate of drug-likeness (QED) is 0.866. The fraction of sp³-hybridized carbons (Fsp3) is 0.429. The Hall–Kier alpha value is -2.36. The first-order valence-electron chi connectivity index (χ1n) is 8.89. The highest BCUT2D eigenvalue weighted by Gasteiger charge is 2.57. The smallest absolute Gasteiger partial charge is 0.272 e. The van der Waals surface area contributed by atoms with E-state index in [-0.39, 0.29) is 22.8 Å². The highest BCUT2D eigenvalue weighted by atomic mass is 16.3. The maximum Gasteiger partial charge on any atom is 0.272 e. The molecule has 0 spiro atoms. The molecule has 2 bridgehead atoms. The van der Waals surface area contributed by atoms with Gasteiger partial charge >= 0.3 is 0 Å². The molecule has 0 saturated carbocycles. The zero-order valence-electron chi connectivity index (χ0n) is 15.0. The minimum atomic E-state index is -0.0868. The second-order valence-electron chi connectivity index (χ2n) is 8.04. The summed E-state index contributed by atoms with van der Waals surface area (Å²) in [6.45, 7) is 7.50. The molecule has 25 heavy (non-hydrogen) atoms. The molecule has 4 heteroatoms. The summed E-state index contributed by atoms with van der Waals surface area (Å²) in [7, 11) is 0. The Labute approximate surface area is 148 Å². The third kappa shape index (κ3) is 2.13. The number of phenols is 1. The van der Waals surface area contributed by atoms with Crippen LogP contribution in [0.25, 0.3) is 0 Å². The largest absolute Gasteiger partial charge is 0.508 e. The average Bonchev–Trinajstić information content (AvgIpc) is 2.59. The number of pyridine rings is 1. The van der Waals surface area contributed by atoms with Crippen molar-refractivity contribution in [3.63, 3.8) is 0 Å². The summed E-state index contributed by atoms with van der Waals surface area (Å²) in [6.07, 6.45) is 3.23. The number of carbonyl (C=O) groups is 1. The van der Waals surface area contributed by atoms with Gasteiger partial charge in [0.15, 0.2) is 0 Å². The Kier molecular flexibility index (Phi) is 3.43. The van der Waals surface area contributed by atoms with Gasteiger partial charge in [-0.25, -0.2) is 0 Å². The van der Waals surface area contributed by atoms with E-state index in [4.69, 9.17) is 0 Å². The molecule has 1 N–H and O–H groups in total. The number of aromatic hydroxyl groups is 1. The van der Waals surface area contributed by atoms with E-state index in [0.29, 0.717) is 17.9 Å². The van der Waals surface area contributed by atoms with Gasteiger partial charge in [-0.2, -0.15) is 0 Å². The van der Waals surface area contributed by atoms with Gasteiger partial charge in [0.25, 0.3) is 5.91 Å².